The van der Waals surface area contributed by atoms with E-state index in [4.69, 9.17) is 0 Å². The summed E-state index contributed by atoms with van der Waals surface area (Å²) < 4.78 is 54.4. The lowest BCUT2D eigenvalue weighted by Crippen LogP contribution is -2.21. The lowest BCUT2D eigenvalue weighted by atomic mass is 10.1. The highest BCUT2D eigenvalue weighted by atomic mass is 32.2. The summed E-state index contributed by atoms with van der Waals surface area (Å²) in [6, 6.07) is 1.28. The van der Waals surface area contributed by atoms with Crippen molar-refractivity contribution in [2.45, 2.75) is 32.4 Å². The maximum atomic E-state index is 13.5. The predicted molar refractivity (Wildman–Crippen MR) is 66.4 cm³/mol. The molecule has 6 heteroatoms. The fourth-order valence-corrected chi connectivity index (χ4v) is 1.75. The second kappa shape index (κ2) is 5.22. The van der Waals surface area contributed by atoms with Crippen LogP contribution in [0.3, 0.4) is 0 Å². The first-order valence-electron chi connectivity index (χ1n) is 5.25. The molecule has 1 aromatic carbocycles. The molecule has 1 aromatic rings. The zero-order valence-corrected chi connectivity index (χ0v) is 11.4. The Balaban J connectivity index is 3.23. The van der Waals surface area contributed by atoms with Gasteiger partial charge in [0.25, 0.3) is 0 Å². The molecule has 1 rings (SSSR count). The average molecular weight is 277 g/mol. The van der Waals surface area contributed by atoms with Gasteiger partial charge in [-0.05, 0) is 33.8 Å². The smallest absolute Gasteiger partial charge is 0.168 e. The second-order valence-corrected chi connectivity index (χ2v) is 6.69. The fraction of sp³-hybridized carbons (Fsp3) is 0.417. The van der Waals surface area contributed by atoms with Gasteiger partial charge < -0.3 is 0 Å². The zero-order valence-electron chi connectivity index (χ0n) is 10.6. The van der Waals surface area contributed by atoms with E-state index in [0.29, 0.717) is 6.07 Å². The molecule has 0 aromatic heterocycles. The summed E-state index contributed by atoms with van der Waals surface area (Å²) in [5.41, 5.74) is -0.316. The minimum atomic E-state index is -1.61. The summed E-state index contributed by atoms with van der Waals surface area (Å²) in [6.07, 6.45) is 0. The third kappa shape index (κ3) is 3.41. The van der Waals surface area contributed by atoms with Crippen molar-refractivity contribution in [2.75, 3.05) is 0 Å². The zero-order chi connectivity index (χ0) is 14.1. The van der Waals surface area contributed by atoms with Crippen molar-refractivity contribution in [1.82, 2.24) is 0 Å². The monoisotopic (exact) mass is 277 g/mol. The molecule has 0 bridgehead atoms. The van der Waals surface area contributed by atoms with Crippen molar-refractivity contribution in [3.05, 3.63) is 35.1 Å². The summed E-state index contributed by atoms with van der Waals surface area (Å²) in [5.74, 6) is -3.38. The van der Waals surface area contributed by atoms with Crippen molar-refractivity contribution in [3.8, 4) is 0 Å². The van der Waals surface area contributed by atoms with Crippen molar-refractivity contribution in [2.24, 2.45) is 4.40 Å². The summed E-state index contributed by atoms with van der Waals surface area (Å²) in [7, 11) is -1.61. The molecule has 18 heavy (non-hydrogen) atoms. The number of hydrogen-bond donors (Lipinski definition) is 0. The van der Waals surface area contributed by atoms with Crippen LogP contribution >= 0.6 is 0 Å². The molecule has 100 valence electrons. The van der Waals surface area contributed by atoms with Gasteiger partial charge in [-0.1, -0.05) is 0 Å². The van der Waals surface area contributed by atoms with E-state index in [1.807, 2.05) is 0 Å². The van der Waals surface area contributed by atoms with Crippen LogP contribution in [0.15, 0.2) is 16.5 Å². The molecule has 0 amide bonds. The highest BCUT2D eigenvalue weighted by molar-refractivity contribution is 7.85. The molecular formula is C12H14F3NOS. The minimum Gasteiger partial charge on any atom is -0.234 e. The Bertz CT molecular complexity index is 521. The van der Waals surface area contributed by atoms with Crippen molar-refractivity contribution in [3.63, 3.8) is 0 Å². The molecule has 0 radical (unpaired) electrons. The van der Waals surface area contributed by atoms with Gasteiger partial charge in [0.05, 0.1) is 10.5 Å². The highest BCUT2D eigenvalue weighted by Gasteiger charge is 2.20. The first-order chi connectivity index (χ1) is 8.12. The van der Waals surface area contributed by atoms with E-state index < -0.39 is 33.2 Å². The van der Waals surface area contributed by atoms with E-state index >= 15 is 0 Å². The van der Waals surface area contributed by atoms with Gasteiger partial charge in [0, 0.05) is 11.6 Å². The van der Waals surface area contributed by atoms with Gasteiger partial charge >= 0.3 is 0 Å². The number of halogens is 3. The third-order valence-electron chi connectivity index (χ3n) is 2.13. The van der Waals surface area contributed by atoms with Crippen LogP contribution < -0.4 is 0 Å². The standard InChI is InChI=1S/C12H14F3NOS/c1-7(16-18(17)12(2,3)4)9-5-8(13)6-10(14)11(9)15/h5-6H,1-4H3/b16-7+/t18-/m0/s1. The molecule has 0 fully saturated rings. The van der Waals surface area contributed by atoms with Gasteiger partial charge in [0.2, 0.25) is 0 Å². The van der Waals surface area contributed by atoms with Crippen LogP contribution in [0.4, 0.5) is 13.2 Å². The topological polar surface area (TPSA) is 29.4 Å². The second-order valence-electron chi connectivity index (χ2n) is 4.79. The van der Waals surface area contributed by atoms with Gasteiger partial charge in [0.15, 0.2) is 11.6 Å². The number of benzene rings is 1. The summed E-state index contributed by atoms with van der Waals surface area (Å²) in [5, 5.41) is 0. The van der Waals surface area contributed by atoms with Crippen LogP contribution in [0.25, 0.3) is 0 Å². The Morgan fingerprint density at radius 3 is 2.28 bits per heavy atom. The van der Waals surface area contributed by atoms with E-state index in [1.165, 1.54) is 6.92 Å². The summed E-state index contributed by atoms with van der Waals surface area (Å²) >= 11 is 0. The molecule has 0 aliphatic carbocycles. The van der Waals surface area contributed by atoms with Crippen LogP contribution in [0, 0.1) is 17.5 Å². The number of nitrogens with zero attached hydrogens (tertiary/aromatic N) is 1. The van der Waals surface area contributed by atoms with Gasteiger partial charge in [0.1, 0.15) is 16.8 Å². The van der Waals surface area contributed by atoms with Crippen molar-refractivity contribution in [1.29, 1.82) is 0 Å². The number of hydrogen-bond acceptors (Lipinski definition) is 1. The fourth-order valence-electron chi connectivity index (χ4n) is 1.13. The predicted octanol–water partition coefficient (Wildman–Crippen LogP) is 3.38. The Morgan fingerprint density at radius 1 is 1.22 bits per heavy atom. The Labute approximate surface area is 107 Å². The molecule has 0 spiro atoms. The lowest BCUT2D eigenvalue weighted by Gasteiger charge is -2.14. The van der Waals surface area contributed by atoms with Gasteiger partial charge in [-0.25, -0.2) is 17.4 Å². The minimum absolute atomic E-state index is 0.000779. The maximum absolute atomic E-state index is 13.5. The lowest BCUT2D eigenvalue weighted by molar-refractivity contribution is 0.493. The molecule has 0 unspecified atom stereocenters. The van der Waals surface area contributed by atoms with E-state index in [0.717, 1.165) is 6.07 Å². The summed E-state index contributed by atoms with van der Waals surface area (Å²) in [6.45, 7) is 6.45. The first-order valence-corrected chi connectivity index (χ1v) is 6.36. The summed E-state index contributed by atoms with van der Waals surface area (Å²) in [4.78, 5) is 0. The van der Waals surface area contributed by atoms with Crippen LogP contribution in [0.5, 0.6) is 0 Å². The molecule has 1 atom stereocenters. The molecule has 0 saturated carbocycles. The number of rotatable bonds is 2. The Morgan fingerprint density at radius 2 is 1.78 bits per heavy atom. The van der Waals surface area contributed by atoms with Gasteiger partial charge in [-0.3, -0.25) is 0 Å². The Hall–Kier alpha value is -1.17. The van der Waals surface area contributed by atoms with Crippen LogP contribution in [-0.2, 0) is 11.0 Å². The van der Waals surface area contributed by atoms with Crippen LogP contribution in [-0.4, -0.2) is 14.7 Å². The molecule has 2 nitrogen and oxygen atoms in total. The third-order valence-corrected chi connectivity index (χ3v) is 3.61. The molecule has 0 aliphatic rings. The molecule has 0 saturated heterocycles. The average Bonchev–Trinajstić information content (AvgIpc) is 2.21. The van der Waals surface area contributed by atoms with E-state index in [1.54, 1.807) is 20.8 Å². The normalized spacial score (nSPS) is 14.7. The quantitative estimate of drug-likeness (QED) is 0.602. The maximum Gasteiger partial charge on any atom is 0.168 e. The molecular weight excluding hydrogens is 263 g/mol. The Kier molecular flexibility index (Phi) is 4.32. The molecule has 0 heterocycles. The first kappa shape index (κ1) is 14.9. The van der Waals surface area contributed by atoms with E-state index in [-0.39, 0.29) is 11.3 Å². The molecule has 0 aliphatic heterocycles. The van der Waals surface area contributed by atoms with E-state index in [2.05, 4.69) is 4.40 Å². The van der Waals surface area contributed by atoms with Gasteiger partial charge in [-0.15, -0.1) is 0 Å². The molecule has 0 N–H and O–H groups in total. The van der Waals surface area contributed by atoms with Crippen LogP contribution in [0.2, 0.25) is 0 Å². The SMILES string of the molecule is C/C(=N\[S@@](=O)C(C)(C)C)c1cc(F)cc(F)c1F. The highest BCUT2D eigenvalue weighted by Crippen LogP contribution is 2.18. The largest absolute Gasteiger partial charge is 0.234 e. The van der Waals surface area contributed by atoms with Crippen molar-refractivity contribution >= 4 is 16.7 Å². The van der Waals surface area contributed by atoms with Crippen LogP contribution in [0.1, 0.15) is 33.3 Å². The van der Waals surface area contributed by atoms with E-state index in [9.17, 15) is 17.4 Å². The van der Waals surface area contributed by atoms with Gasteiger partial charge in [-0.2, -0.15) is 4.40 Å². The van der Waals surface area contributed by atoms with Crippen molar-refractivity contribution < 1.29 is 17.4 Å².